The number of thioether (sulfide) groups is 1. The normalized spacial score (nSPS) is 13.7. The molecule has 0 radical (unpaired) electrons. The summed E-state index contributed by atoms with van der Waals surface area (Å²) in [4.78, 5) is 25.2. The van der Waals surface area contributed by atoms with Crippen LogP contribution in [-0.2, 0) is 19.6 Å². The Kier molecular flexibility index (Phi) is 6.58. The number of nitrogens with one attached hydrogen (secondary N) is 2. The number of rotatable bonds is 7. The lowest BCUT2D eigenvalue weighted by molar-refractivity contribution is -0.117. The summed E-state index contributed by atoms with van der Waals surface area (Å²) in [6.45, 7) is 0. The van der Waals surface area contributed by atoms with E-state index in [1.165, 1.54) is 22.8 Å². The van der Waals surface area contributed by atoms with Gasteiger partial charge in [-0.15, -0.1) is 23.1 Å². The zero-order valence-corrected chi connectivity index (χ0v) is 19.0. The molecule has 0 saturated heterocycles. The number of hydrogen-bond donors (Lipinski definition) is 2. The number of amides is 2. The molecule has 8 nitrogen and oxygen atoms in total. The van der Waals surface area contributed by atoms with E-state index in [1.807, 2.05) is 18.2 Å². The molecule has 0 aliphatic carbocycles. The molecule has 0 unspecified atom stereocenters. The van der Waals surface area contributed by atoms with Crippen LogP contribution in [0.15, 0.2) is 86.3 Å². The first-order chi connectivity index (χ1) is 15.4. The quantitative estimate of drug-likeness (QED) is 0.497. The number of anilines is 2. The molecular weight excluding hydrogens is 468 g/mol. The van der Waals surface area contributed by atoms with Gasteiger partial charge in [0.05, 0.1) is 17.9 Å². The number of hydrogen-bond acceptors (Lipinski definition) is 7. The van der Waals surface area contributed by atoms with Crippen LogP contribution in [0.2, 0.25) is 0 Å². The van der Waals surface area contributed by atoms with Crippen LogP contribution < -0.4 is 15.0 Å². The summed E-state index contributed by atoms with van der Waals surface area (Å²) in [5, 5.41) is 9.85. The number of carbonyl (C=O) groups excluding carboxylic acids is 2. The molecule has 2 amide bonds. The van der Waals surface area contributed by atoms with E-state index >= 15 is 0 Å². The van der Waals surface area contributed by atoms with E-state index in [0.29, 0.717) is 17.2 Å². The van der Waals surface area contributed by atoms with Crippen LogP contribution in [0.4, 0.5) is 11.4 Å². The fourth-order valence-corrected chi connectivity index (χ4v) is 5.61. The molecule has 1 aliphatic rings. The van der Waals surface area contributed by atoms with Gasteiger partial charge in [-0.2, -0.15) is 10.1 Å². The first-order valence-electron chi connectivity index (χ1n) is 9.45. The van der Waals surface area contributed by atoms with Crippen molar-refractivity contribution in [3.8, 4) is 0 Å². The molecule has 2 aromatic carbocycles. The number of sulfonamides is 1. The first kappa shape index (κ1) is 22.1. The van der Waals surface area contributed by atoms with Gasteiger partial charge in [-0.25, -0.2) is 8.42 Å². The summed E-state index contributed by atoms with van der Waals surface area (Å²) in [6.07, 6.45) is 0.0321. The van der Waals surface area contributed by atoms with Crippen LogP contribution in [0.25, 0.3) is 0 Å². The van der Waals surface area contributed by atoms with Crippen LogP contribution in [-0.4, -0.2) is 31.8 Å². The minimum atomic E-state index is -3.60. The fraction of sp³-hybridized carbons (Fsp3) is 0.0952. The van der Waals surface area contributed by atoms with Crippen molar-refractivity contribution in [2.24, 2.45) is 5.10 Å². The number of para-hydroxylation sites is 1. The van der Waals surface area contributed by atoms with Gasteiger partial charge in [0.25, 0.3) is 15.9 Å². The Morgan fingerprint density at radius 3 is 2.50 bits per heavy atom. The summed E-state index contributed by atoms with van der Waals surface area (Å²) in [5.41, 5.74) is 1.08. The molecule has 3 aromatic rings. The topological polar surface area (TPSA) is 108 Å². The van der Waals surface area contributed by atoms with Crippen molar-refractivity contribution in [2.45, 2.75) is 15.5 Å². The van der Waals surface area contributed by atoms with Gasteiger partial charge in [-0.1, -0.05) is 24.3 Å². The number of nitrogens with zero attached hydrogens (tertiary/aromatic N) is 2. The predicted molar refractivity (Wildman–Crippen MR) is 126 cm³/mol. The Morgan fingerprint density at radius 2 is 1.81 bits per heavy atom. The minimum absolute atomic E-state index is 0.0321. The second kappa shape index (κ2) is 9.55. The van der Waals surface area contributed by atoms with Crippen molar-refractivity contribution in [3.05, 3.63) is 72.1 Å². The highest BCUT2D eigenvalue weighted by Crippen LogP contribution is 2.24. The maximum Gasteiger partial charge on any atom is 0.271 e. The highest BCUT2D eigenvalue weighted by atomic mass is 32.2. The van der Waals surface area contributed by atoms with E-state index in [9.17, 15) is 18.0 Å². The Hall–Kier alpha value is -3.15. The van der Waals surface area contributed by atoms with Crippen LogP contribution in [0.1, 0.15) is 6.42 Å². The monoisotopic (exact) mass is 486 g/mol. The molecule has 1 aliphatic heterocycles. The maximum atomic E-state index is 12.3. The second-order valence-corrected chi connectivity index (χ2v) is 10.6. The largest absolute Gasteiger partial charge is 0.312 e. The van der Waals surface area contributed by atoms with E-state index in [-0.39, 0.29) is 28.2 Å². The van der Waals surface area contributed by atoms with Gasteiger partial charge in [0.2, 0.25) is 5.91 Å². The van der Waals surface area contributed by atoms with Gasteiger partial charge in [0, 0.05) is 10.6 Å². The summed E-state index contributed by atoms with van der Waals surface area (Å²) >= 11 is 2.44. The third-order valence-electron chi connectivity index (χ3n) is 4.30. The minimum Gasteiger partial charge on any atom is -0.312 e. The Balaban J connectivity index is 1.29. The average molecular weight is 487 g/mol. The molecule has 2 N–H and O–H groups in total. The SMILES string of the molecule is O=C(CSc1ccc(NS(=O)(=O)c2cccs2)cc1)NC1=NN(c2ccccc2)C(=O)C1. The first-order valence-corrected chi connectivity index (χ1v) is 12.8. The Bertz CT molecular complexity index is 1240. The molecule has 2 heterocycles. The lowest BCUT2D eigenvalue weighted by Gasteiger charge is -2.10. The highest BCUT2D eigenvalue weighted by molar-refractivity contribution is 8.00. The standard InChI is InChI=1S/C21H18N4O4S3/c26-19(22-18-13-20(27)25(23-18)16-5-2-1-3-6-16)14-31-17-10-8-15(9-11-17)24-32(28,29)21-7-4-12-30-21/h1-12,24H,13-14H2,(H,22,23,26). The molecule has 0 bridgehead atoms. The molecule has 11 heteroatoms. The van der Waals surface area contributed by atoms with Crippen molar-refractivity contribution in [1.29, 1.82) is 0 Å². The lowest BCUT2D eigenvalue weighted by Crippen LogP contribution is -2.31. The Morgan fingerprint density at radius 1 is 1.06 bits per heavy atom. The molecular formula is C21H18N4O4S3. The zero-order valence-electron chi connectivity index (χ0n) is 16.6. The predicted octanol–water partition coefficient (Wildman–Crippen LogP) is 3.51. The number of amidine groups is 1. The molecule has 4 rings (SSSR count). The van der Waals surface area contributed by atoms with E-state index in [2.05, 4.69) is 15.1 Å². The third kappa shape index (κ3) is 5.36. The molecule has 0 fully saturated rings. The molecule has 0 atom stereocenters. The van der Waals surface area contributed by atoms with E-state index in [4.69, 9.17) is 0 Å². The number of thiophene rings is 1. The Labute approximate surface area is 193 Å². The van der Waals surface area contributed by atoms with Crippen LogP contribution in [0.3, 0.4) is 0 Å². The fourth-order valence-electron chi connectivity index (χ4n) is 2.86. The van der Waals surface area contributed by atoms with Crippen molar-refractivity contribution < 1.29 is 18.0 Å². The van der Waals surface area contributed by atoms with E-state index in [1.54, 1.807) is 47.8 Å². The van der Waals surface area contributed by atoms with Gasteiger partial charge in [0.15, 0.2) is 0 Å². The average Bonchev–Trinajstić information content (AvgIpc) is 3.44. The van der Waals surface area contributed by atoms with Crippen molar-refractivity contribution >= 4 is 62.1 Å². The molecule has 0 saturated carbocycles. The smallest absolute Gasteiger partial charge is 0.271 e. The van der Waals surface area contributed by atoms with Gasteiger partial charge in [-0.05, 0) is 47.8 Å². The summed E-state index contributed by atoms with van der Waals surface area (Å²) in [5.74, 6) is -0.0554. The van der Waals surface area contributed by atoms with Crippen molar-refractivity contribution in [1.82, 2.24) is 5.32 Å². The molecule has 164 valence electrons. The van der Waals surface area contributed by atoms with E-state index < -0.39 is 10.0 Å². The summed E-state index contributed by atoms with van der Waals surface area (Å²) in [7, 11) is -3.60. The highest BCUT2D eigenvalue weighted by Gasteiger charge is 2.26. The van der Waals surface area contributed by atoms with Gasteiger partial charge in [-0.3, -0.25) is 14.3 Å². The van der Waals surface area contributed by atoms with Gasteiger partial charge >= 0.3 is 0 Å². The van der Waals surface area contributed by atoms with Crippen LogP contribution >= 0.6 is 23.1 Å². The summed E-state index contributed by atoms with van der Waals surface area (Å²) in [6, 6.07) is 19.0. The van der Waals surface area contributed by atoms with Crippen molar-refractivity contribution in [2.75, 3.05) is 15.5 Å². The van der Waals surface area contributed by atoms with E-state index in [0.717, 1.165) is 16.2 Å². The number of hydrazone groups is 1. The maximum absolute atomic E-state index is 12.3. The number of benzene rings is 2. The molecule has 32 heavy (non-hydrogen) atoms. The summed E-state index contributed by atoms with van der Waals surface area (Å²) < 4.78 is 27.3. The zero-order chi connectivity index (χ0) is 22.6. The van der Waals surface area contributed by atoms with Crippen LogP contribution in [0, 0.1) is 0 Å². The molecule has 0 spiro atoms. The van der Waals surface area contributed by atoms with Crippen LogP contribution in [0.5, 0.6) is 0 Å². The van der Waals surface area contributed by atoms with Gasteiger partial charge in [0.1, 0.15) is 10.0 Å². The van der Waals surface area contributed by atoms with Gasteiger partial charge < -0.3 is 5.32 Å². The lowest BCUT2D eigenvalue weighted by atomic mass is 10.3. The second-order valence-electron chi connectivity index (χ2n) is 6.66. The van der Waals surface area contributed by atoms with Crippen molar-refractivity contribution in [3.63, 3.8) is 0 Å². The molecule has 1 aromatic heterocycles. The third-order valence-corrected chi connectivity index (χ3v) is 8.09. The number of carbonyl (C=O) groups is 2.